The first kappa shape index (κ1) is 8.27. The number of aryl methyl sites for hydroxylation is 1. The fourth-order valence-corrected chi connectivity index (χ4v) is 1.23. The van der Waals surface area contributed by atoms with Gasteiger partial charge in [0.25, 0.3) is 0 Å². The Hall–Kier alpha value is -0.830. The first-order chi connectivity index (χ1) is 5.11. The Labute approximate surface area is 73.7 Å². The summed E-state index contributed by atoms with van der Waals surface area (Å²) in [6.45, 7) is 5.24. The third-order valence-corrected chi connectivity index (χ3v) is 1.80. The van der Waals surface area contributed by atoms with E-state index < -0.39 is 0 Å². The Balaban J connectivity index is 3.20. The maximum absolute atomic E-state index is 9.05. The van der Waals surface area contributed by atoms with Crippen molar-refractivity contribution in [3.63, 3.8) is 0 Å². The fourth-order valence-electron chi connectivity index (χ4n) is 0.835. The average Bonchev–Trinajstić information content (AvgIpc) is 1.85. The van der Waals surface area contributed by atoms with Gasteiger partial charge in [-0.1, -0.05) is 6.58 Å². The first-order valence-electron chi connectivity index (χ1n) is 3.12. The van der Waals surface area contributed by atoms with Crippen molar-refractivity contribution in [2.24, 2.45) is 0 Å². The molecule has 1 aromatic rings. The van der Waals surface area contributed by atoms with Crippen LogP contribution in [-0.4, -0.2) is 10.1 Å². The molecule has 0 atom stereocenters. The molecule has 0 amide bonds. The van der Waals surface area contributed by atoms with E-state index >= 15 is 0 Å². The summed E-state index contributed by atoms with van der Waals surface area (Å²) in [5.41, 5.74) is 1.46. The normalized spacial score (nSPS) is 9.64. The van der Waals surface area contributed by atoms with Gasteiger partial charge < -0.3 is 5.11 Å². The largest absolute Gasteiger partial charge is 0.508 e. The molecule has 0 aliphatic rings. The van der Waals surface area contributed by atoms with Crippen LogP contribution in [-0.2, 0) is 0 Å². The lowest BCUT2D eigenvalue weighted by molar-refractivity contribution is 0.512. The van der Waals surface area contributed by atoms with Gasteiger partial charge in [0.05, 0.1) is 0 Å². The van der Waals surface area contributed by atoms with Crippen LogP contribution < -0.4 is 0 Å². The van der Waals surface area contributed by atoms with Gasteiger partial charge in [-0.15, -0.1) is 0 Å². The van der Waals surface area contributed by atoms with Crippen LogP contribution in [0.1, 0.15) is 11.3 Å². The van der Waals surface area contributed by atoms with Gasteiger partial charge in [-0.05, 0) is 35.0 Å². The minimum atomic E-state index is 0.0579. The van der Waals surface area contributed by atoms with E-state index in [0.717, 1.165) is 10.3 Å². The fraction of sp³-hybridized carbons (Fsp3) is 0.125. The number of hydrogen-bond donors (Lipinski definition) is 1. The van der Waals surface area contributed by atoms with Crippen LogP contribution in [0.25, 0.3) is 5.76 Å². The van der Waals surface area contributed by atoms with E-state index in [1.54, 1.807) is 12.1 Å². The van der Waals surface area contributed by atoms with Crippen molar-refractivity contribution < 1.29 is 5.11 Å². The molecule has 0 aliphatic carbocycles. The molecule has 0 fully saturated rings. The molecule has 1 heterocycles. The van der Waals surface area contributed by atoms with Crippen molar-refractivity contribution in [3.8, 4) is 0 Å². The standard InChI is InChI=1S/C8H8BrNO/c1-5-7(6(2)11)3-4-8(9)10-5/h3-4,11H,2H2,1H3. The molecule has 0 spiro atoms. The van der Waals surface area contributed by atoms with Gasteiger partial charge in [0.1, 0.15) is 10.4 Å². The molecule has 2 nitrogen and oxygen atoms in total. The Bertz CT molecular complexity index is 296. The zero-order valence-electron chi connectivity index (χ0n) is 6.13. The van der Waals surface area contributed by atoms with Crippen LogP contribution in [0.3, 0.4) is 0 Å². The molecule has 58 valence electrons. The Morgan fingerprint density at radius 2 is 2.27 bits per heavy atom. The van der Waals surface area contributed by atoms with Crippen LogP contribution in [0.4, 0.5) is 0 Å². The van der Waals surface area contributed by atoms with E-state index in [1.165, 1.54) is 0 Å². The topological polar surface area (TPSA) is 33.1 Å². The molecule has 0 unspecified atom stereocenters. The molecule has 0 radical (unpaired) electrons. The number of nitrogens with zero attached hydrogens (tertiary/aromatic N) is 1. The maximum Gasteiger partial charge on any atom is 0.117 e. The van der Waals surface area contributed by atoms with Crippen molar-refractivity contribution in [1.82, 2.24) is 4.98 Å². The summed E-state index contributed by atoms with van der Waals surface area (Å²) in [6, 6.07) is 3.54. The highest BCUT2D eigenvalue weighted by molar-refractivity contribution is 9.10. The molecule has 0 aliphatic heterocycles. The van der Waals surface area contributed by atoms with Gasteiger partial charge in [-0.3, -0.25) is 0 Å². The van der Waals surface area contributed by atoms with Crippen LogP contribution in [0.2, 0.25) is 0 Å². The van der Waals surface area contributed by atoms with E-state index in [-0.39, 0.29) is 5.76 Å². The predicted octanol–water partition coefficient (Wildman–Crippen LogP) is 2.68. The Morgan fingerprint density at radius 3 is 2.73 bits per heavy atom. The predicted molar refractivity (Wildman–Crippen MR) is 48.3 cm³/mol. The second kappa shape index (κ2) is 3.05. The van der Waals surface area contributed by atoms with E-state index in [9.17, 15) is 0 Å². The number of rotatable bonds is 1. The highest BCUT2D eigenvalue weighted by Gasteiger charge is 2.01. The summed E-state index contributed by atoms with van der Waals surface area (Å²) < 4.78 is 0.764. The number of aromatic nitrogens is 1. The molecular weight excluding hydrogens is 206 g/mol. The van der Waals surface area contributed by atoms with E-state index in [1.807, 2.05) is 6.92 Å². The maximum atomic E-state index is 9.05. The summed E-state index contributed by atoms with van der Waals surface area (Å²) in [5.74, 6) is 0.0579. The van der Waals surface area contributed by atoms with E-state index in [0.29, 0.717) is 5.56 Å². The number of aliphatic hydroxyl groups is 1. The molecule has 1 rings (SSSR count). The van der Waals surface area contributed by atoms with Crippen molar-refractivity contribution >= 4 is 21.7 Å². The van der Waals surface area contributed by atoms with Crippen molar-refractivity contribution in [1.29, 1.82) is 0 Å². The van der Waals surface area contributed by atoms with Gasteiger partial charge in [-0.2, -0.15) is 0 Å². The number of aliphatic hydroxyl groups excluding tert-OH is 1. The molecule has 0 saturated carbocycles. The first-order valence-corrected chi connectivity index (χ1v) is 3.92. The second-order valence-electron chi connectivity index (χ2n) is 2.21. The highest BCUT2D eigenvalue weighted by atomic mass is 79.9. The van der Waals surface area contributed by atoms with Gasteiger partial charge in [0.2, 0.25) is 0 Å². The van der Waals surface area contributed by atoms with E-state index in [4.69, 9.17) is 5.11 Å². The average molecular weight is 214 g/mol. The van der Waals surface area contributed by atoms with Gasteiger partial charge in [-0.25, -0.2) is 4.98 Å². The minimum absolute atomic E-state index is 0.0579. The lowest BCUT2D eigenvalue weighted by Crippen LogP contribution is -1.90. The summed E-state index contributed by atoms with van der Waals surface area (Å²) in [4.78, 5) is 4.09. The number of halogens is 1. The molecule has 0 saturated heterocycles. The molecule has 3 heteroatoms. The Kier molecular flexibility index (Phi) is 2.29. The number of pyridine rings is 1. The lowest BCUT2D eigenvalue weighted by atomic mass is 10.2. The summed E-state index contributed by atoms with van der Waals surface area (Å²) >= 11 is 3.22. The molecule has 1 N–H and O–H groups in total. The third-order valence-electron chi connectivity index (χ3n) is 1.36. The smallest absolute Gasteiger partial charge is 0.117 e. The molecule has 0 bridgehead atoms. The van der Waals surface area contributed by atoms with Gasteiger partial charge in [0.15, 0.2) is 0 Å². The van der Waals surface area contributed by atoms with Crippen molar-refractivity contribution in [3.05, 3.63) is 34.6 Å². The molecule has 0 aromatic carbocycles. The summed E-state index contributed by atoms with van der Waals surface area (Å²) in [5, 5.41) is 9.05. The monoisotopic (exact) mass is 213 g/mol. The van der Waals surface area contributed by atoms with Crippen molar-refractivity contribution in [2.75, 3.05) is 0 Å². The van der Waals surface area contributed by atoms with Crippen LogP contribution >= 0.6 is 15.9 Å². The van der Waals surface area contributed by atoms with E-state index in [2.05, 4.69) is 27.5 Å². The van der Waals surface area contributed by atoms with Gasteiger partial charge >= 0.3 is 0 Å². The zero-order valence-corrected chi connectivity index (χ0v) is 7.72. The quantitative estimate of drug-likeness (QED) is 0.575. The van der Waals surface area contributed by atoms with Crippen LogP contribution in [0.5, 0.6) is 0 Å². The molecule has 1 aromatic heterocycles. The Morgan fingerprint density at radius 1 is 1.64 bits per heavy atom. The summed E-state index contributed by atoms with van der Waals surface area (Å²) in [7, 11) is 0. The summed E-state index contributed by atoms with van der Waals surface area (Å²) in [6.07, 6.45) is 0. The molecular formula is C8H8BrNO. The second-order valence-corrected chi connectivity index (χ2v) is 3.03. The lowest BCUT2D eigenvalue weighted by Gasteiger charge is -2.01. The highest BCUT2D eigenvalue weighted by Crippen LogP contribution is 2.15. The third kappa shape index (κ3) is 1.80. The zero-order chi connectivity index (χ0) is 8.43. The van der Waals surface area contributed by atoms with Crippen molar-refractivity contribution in [2.45, 2.75) is 6.92 Å². The van der Waals surface area contributed by atoms with Crippen LogP contribution in [0.15, 0.2) is 23.3 Å². The minimum Gasteiger partial charge on any atom is -0.508 e. The van der Waals surface area contributed by atoms with Crippen LogP contribution in [0, 0.1) is 6.92 Å². The van der Waals surface area contributed by atoms with Gasteiger partial charge in [0, 0.05) is 11.3 Å². The molecule has 11 heavy (non-hydrogen) atoms. The number of hydrogen-bond acceptors (Lipinski definition) is 2. The SMILES string of the molecule is C=C(O)c1ccc(Br)nc1C.